The molecule has 3 nitrogen and oxygen atoms in total. The summed E-state index contributed by atoms with van der Waals surface area (Å²) in [6, 6.07) is 1.68. The Labute approximate surface area is 102 Å². The molecular formula is C13H30N2O. The zero-order chi connectivity index (χ0) is 12.6. The maximum Gasteiger partial charge on any atom is 0.0615 e. The highest BCUT2D eigenvalue weighted by Gasteiger charge is 2.16. The second kappa shape index (κ2) is 8.97. The number of rotatable bonds is 9. The number of hydrogen-bond acceptors (Lipinski definition) is 3. The van der Waals surface area contributed by atoms with Crippen molar-refractivity contribution in [3.05, 3.63) is 0 Å². The summed E-state index contributed by atoms with van der Waals surface area (Å²) >= 11 is 0. The predicted octanol–water partition coefficient (Wildman–Crippen LogP) is 2.12. The van der Waals surface area contributed by atoms with E-state index in [-0.39, 0.29) is 0 Å². The van der Waals surface area contributed by atoms with Gasteiger partial charge in [-0.15, -0.1) is 0 Å². The van der Waals surface area contributed by atoms with Gasteiger partial charge in [-0.3, -0.25) is 4.90 Å². The van der Waals surface area contributed by atoms with Crippen molar-refractivity contribution in [2.75, 3.05) is 27.3 Å². The van der Waals surface area contributed by atoms with E-state index in [1.807, 2.05) is 0 Å². The van der Waals surface area contributed by atoms with Gasteiger partial charge in [0.05, 0.1) is 6.61 Å². The van der Waals surface area contributed by atoms with Crippen LogP contribution in [0.25, 0.3) is 0 Å². The maximum absolute atomic E-state index is 5.18. The first-order valence-electron chi connectivity index (χ1n) is 6.50. The lowest BCUT2D eigenvalue weighted by molar-refractivity contribution is 0.0925. The topological polar surface area (TPSA) is 24.5 Å². The molecule has 2 atom stereocenters. The van der Waals surface area contributed by atoms with Crippen molar-refractivity contribution in [2.24, 2.45) is 0 Å². The number of ether oxygens (including phenoxy) is 1. The Kier molecular flexibility index (Phi) is 8.90. The average Bonchev–Trinajstić information content (AvgIpc) is 2.29. The van der Waals surface area contributed by atoms with Crippen LogP contribution in [0.15, 0.2) is 0 Å². The van der Waals surface area contributed by atoms with Gasteiger partial charge in [-0.2, -0.15) is 0 Å². The van der Waals surface area contributed by atoms with Gasteiger partial charge in [0.2, 0.25) is 0 Å². The molecule has 3 heteroatoms. The molecule has 0 bridgehead atoms. The largest absolute Gasteiger partial charge is 0.383 e. The number of nitrogens with zero attached hydrogens (tertiary/aromatic N) is 1. The summed E-state index contributed by atoms with van der Waals surface area (Å²) in [5.74, 6) is 0. The van der Waals surface area contributed by atoms with Crippen LogP contribution in [0, 0.1) is 0 Å². The van der Waals surface area contributed by atoms with Gasteiger partial charge in [-0.1, -0.05) is 13.8 Å². The van der Waals surface area contributed by atoms with Gasteiger partial charge in [0.1, 0.15) is 0 Å². The van der Waals surface area contributed by atoms with Crippen LogP contribution in [0.5, 0.6) is 0 Å². The van der Waals surface area contributed by atoms with Crippen LogP contribution < -0.4 is 5.32 Å². The molecule has 0 amide bonds. The van der Waals surface area contributed by atoms with Crippen LogP contribution in [0.1, 0.15) is 40.5 Å². The Balaban J connectivity index is 3.90. The van der Waals surface area contributed by atoms with Gasteiger partial charge in [-0.05, 0) is 33.7 Å². The van der Waals surface area contributed by atoms with E-state index in [0.29, 0.717) is 18.1 Å². The fourth-order valence-electron chi connectivity index (χ4n) is 1.85. The molecule has 0 fully saturated rings. The summed E-state index contributed by atoms with van der Waals surface area (Å²) < 4.78 is 5.18. The summed E-state index contributed by atoms with van der Waals surface area (Å²) in [5, 5.41) is 3.61. The molecule has 0 aliphatic rings. The van der Waals surface area contributed by atoms with Crippen molar-refractivity contribution in [3.8, 4) is 0 Å². The van der Waals surface area contributed by atoms with Crippen molar-refractivity contribution in [3.63, 3.8) is 0 Å². The van der Waals surface area contributed by atoms with Gasteiger partial charge < -0.3 is 10.1 Å². The van der Waals surface area contributed by atoms with E-state index in [1.54, 1.807) is 7.11 Å². The fourth-order valence-corrected chi connectivity index (χ4v) is 1.85. The Bertz CT molecular complexity index is 160. The molecular weight excluding hydrogens is 200 g/mol. The molecule has 0 aliphatic heterocycles. The molecule has 0 aliphatic carbocycles. The molecule has 0 aromatic heterocycles. The van der Waals surface area contributed by atoms with Gasteiger partial charge in [0.25, 0.3) is 0 Å². The van der Waals surface area contributed by atoms with E-state index >= 15 is 0 Å². The molecule has 0 saturated heterocycles. The Hall–Kier alpha value is -0.120. The third-order valence-electron chi connectivity index (χ3n) is 3.49. The minimum Gasteiger partial charge on any atom is -0.383 e. The lowest BCUT2D eigenvalue weighted by Crippen LogP contribution is -2.46. The minimum absolute atomic E-state index is 0.475. The molecule has 0 aromatic carbocycles. The van der Waals surface area contributed by atoms with Crippen molar-refractivity contribution in [1.29, 1.82) is 0 Å². The quantitative estimate of drug-likeness (QED) is 0.656. The van der Waals surface area contributed by atoms with Gasteiger partial charge in [0, 0.05) is 31.8 Å². The molecule has 16 heavy (non-hydrogen) atoms. The van der Waals surface area contributed by atoms with Crippen molar-refractivity contribution < 1.29 is 4.74 Å². The molecule has 0 rings (SSSR count). The molecule has 0 heterocycles. The zero-order valence-corrected chi connectivity index (χ0v) is 11.9. The van der Waals surface area contributed by atoms with Crippen LogP contribution in [-0.2, 0) is 4.74 Å². The highest BCUT2D eigenvalue weighted by Crippen LogP contribution is 2.03. The second-order valence-electron chi connectivity index (χ2n) is 4.74. The molecule has 0 spiro atoms. The number of nitrogens with one attached hydrogen (secondary N) is 1. The summed E-state index contributed by atoms with van der Waals surface area (Å²) in [6.45, 7) is 10.8. The molecule has 98 valence electrons. The third-order valence-corrected chi connectivity index (χ3v) is 3.49. The normalized spacial score (nSPS) is 15.8. The Morgan fingerprint density at radius 2 is 1.69 bits per heavy atom. The summed E-state index contributed by atoms with van der Waals surface area (Å²) in [7, 11) is 3.93. The zero-order valence-electron chi connectivity index (χ0n) is 11.9. The second-order valence-corrected chi connectivity index (χ2v) is 4.74. The molecule has 2 unspecified atom stereocenters. The average molecular weight is 230 g/mol. The first-order valence-corrected chi connectivity index (χ1v) is 6.50. The minimum atomic E-state index is 0.475. The summed E-state index contributed by atoms with van der Waals surface area (Å²) in [5.41, 5.74) is 0. The molecule has 1 N–H and O–H groups in total. The van der Waals surface area contributed by atoms with Gasteiger partial charge in [-0.25, -0.2) is 0 Å². The van der Waals surface area contributed by atoms with Crippen LogP contribution in [0.3, 0.4) is 0 Å². The lowest BCUT2D eigenvalue weighted by Gasteiger charge is -2.31. The van der Waals surface area contributed by atoms with Crippen molar-refractivity contribution in [1.82, 2.24) is 10.2 Å². The summed E-state index contributed by atoms with van der Waals surface area (Å²) in [4.78, 5) is 2.37. The standard InChI is InChI=1S/C13H30N2O/c1-7-13(8-2)14-9-11(3)15(5)12(4)10-16-6/h11-14H,7-10H2,1-6H3. The van der Waals surface area contributed by atoms with Crippen LogP contribution in [0.4, 0.5) is 0 Å². The lowest BCUT2D eigenvalue weighted by atomic mass is 10.1. The van der Waals surface area contributed by atoms with Crippen LogP contribution in [0.2, 0.25) is 0 Å². The van der Waals surface area contributed by atoms with Gasteiger partial charge in [0.15, 0.2) is 0 Å². The first kappa shape index (κ1) is 15.9. The van der Waals surface area contributed by atoms with E-state index in [2.05, 4.69) is 45.0 Å². The highest BCUT2D eigenvalue weighted by molar-refractivity contribution is 4.74. The monoisotopic (exact) mass is 230 g/mol. The Morgan fingerprint density at radius 3 is 2.12 bits per heavy atom. The number of hydrogen-bond donors (Lipinski definition) is 1. The summed E-state index contributed by atoms with van der Waals surface area (Å²) in [6.07, 6.45) is 2.42. The fraction of sp³-hybridized carbons (Fsp3) is 1.00. The smallest absolute Gasteiger partial charge is 0.0615 e. The Morgan fingerprint density at radius 1 is 1.12 bits per heavy atom. The number of methoxy groups -OCH3 is 1. The van der Waals surface area contributed by atoms with E-state index in [9.17, 15) is 0 Å². The van der Waals surface area contributed by atoms with E-state index in [0.717, 1.165) is 13.2 Å². The molecule has 0 saturated carbocycles. The van der Waals surface area contributed by atoms with E-state index in [4.69, 9.17) is 4.74 Å². The van der Waals surface area contributed by atoms with Crippen LogP contribution >= 0.6 is 0 Å². The van der Waals surface area contributed by atoms with E-state index < -0.39 is 0 Å². The van der Waals surface area contributed by atoms with E-state index in [1.165, 1.54) is 12.8 Å². The molecule has 0 radical (unpaired) electrons. The SMILES string of the molecule is CCC(CC)NCC(C)N(C)C(C)COC. The van der Waals surface area contributed by atoms with Gasteiger partial charge >= 0.3 is 0 Å². The molecule has 0 aromatic rings. The van der Waals surface area contributed by atoms with Crippen LogP contribution in [-0.4, -0.2) is 50.3 Å². The third kappa shape index (κ3) is 5.83. The van der Waals surface area contributed by atoms with Crippen molar-refractivity contribution in [2.45, 2.75) is 58.7 Å². The predicted molar refractivity (Wildman–Crippen MR) is 70.9 cm³/mol. The number of likely N-dealkylation sites (N-methyl/N-ethyl adjacent to an activating group) is 1. The van der Waals surface area contributed by atoms with Crippen molar-refractivity contribution >= 4 is 0 Å². The first-order chi connectivity index (χ1) is 7.56. The maximum atomic E-state index is 5.18. The highest BCUT2D eigenvalue weighted by atomic mass is 16.5.